The predicted molar refractivity (Wildman–Crippen MR) is 116 cm³/mol. The van der Waals surface area contributed by atoms with E-state index >= 15 is 0 Å². The molecule has 5 nitrogen and oxygen atoms in total. The monoisotopic (exact) mass is 473 g/mol. The van der Waals surface area contributed by atoms with E-state index in [1.165, 1.54) is 18.4 Å². The summed E-state index contributed by atoms with van der Waals surface area (Å²) in [6, 6.07) is 10.5. The minimum Gasteiger partial charge on any atom is -0.381 e. The van der Waals surface area contributed by atoms with Crippen molar-refractivity contribution in [1.29, 1.82) is 0 Å². The molecule has 0 aromatic heterocycles. The number of guanidine groups is 1. The average molecular weight is 473 g/mol. The number of ether oxygens (including phenoxy) is 2. The molecule has 2 saturated heterocycles. The molecule has 1 aromatic rings. The second-order valence-electron chi connectivity index (χ2n) is 7.15. The lowest BCUT2D eigenvalue weighted by molar-refractivity contribution is 0.135. The van der Waals surface area contributed by atoms with E-state index in [1.807, 2.05) is 13.1 Å². The van der Waals surface area contributed by atoms with Gasteiger partial charge < -0.3 is 19.7 Å². The van der Waals surface area contributed by atoms with Gasteiger partial charge in [0, 0.05) is 45.3 Å². The lowest BCUT2D eigenvalue weighted by Gasteiger charge is -2.24. The number of nitrogens with one attached hydrogen (secondary N) is 1. The summed E-state index contributed by atoms with van der Waals surface area (Å²) in [4.78, 5) is 6.83. The smallest absolute Gasteiger partial charge is 0.193 e. The van der Waals surface area contributed by atoms with Crippen LogP contribution in [-0.4, -0.2) is 64.0 Å². The van der Waals surface area contributed by atoms with Gasteiger partial charge in [0.1, 0.15) is 0 Å². The molecule has 1 unspecified atom stereocenters. The van der Waals surface area contributed by atoms with E-state index in [1.54, 1.807) is 0 Å². The molecule has 2 aliphatic rings. The zero-order valence-corrected chi connectivity index (χ0v) is 18.1. The van der Waals surface area contributed by atoms with Crippen LogP contribution in [0.15, 0.2) is 35.3 Å². The van der Waals surface area contributed by atoms with Crippen molar-refractivity contribution in [1.82, 2.24) is 10.2 Å². The van der Waals surface area contributed by atoms with Gasteiger partial charge in [0.05, 0.1) is 13.2 Å². The maximum atomic E-state index is 5.74. The number of likely N-dealkylation sites (tertiary alicyclic amines) is 1. The number of hydrogen-bond acceptors (Lipinski definition) is 3. The molecule has 26 heavy (non-hydrogen) atoms. The van der Waals surface area contributed by atoms with Gasteiger partial charge in [-0.05, 0) is 31.2 Å². The normalized spacial score (nSPS) is 22.7. The van der Waals surface area contributed by atoms with Crippen molar-refractivity contribution in [2.75, 3.05) is 53.1 Å². The fourth-order valence-corrected chi connectivity index (χ4v) is 3.73. The highest BCUT2D eigenvalue weighted by atomic mass is 127. The van der Waals surface area contributed by atoms with Crippen LogP contribution in [0.5, 0.6) is 0 Å². The second kappa shape index (κ2) is 11.1. The van der Waals surface area contributed by atoms with E-state index in [-0.39, 0.29) is 24.0 Å². The molecule has 0 aliphatic carbocycles. The van der Waals surface area contributed by atoms with Gasteiger partial charge in [0.2, 0.25) is 0 Å². The van der Waals surface area contributed by atoms with Crippen molar-refractivity contribution in [3.63, 3.8) is 0 Å². The highest BCUT2D eigenvalue weighted by Crippen LogP contribution is 2.38. The molecule has 3 rings (SSSR count). The maximum absolute atomic E-state index is 5.74. The Balaban J connectivity index is 0.00000243. The summed E-state index contributed by atoms with van der Waals surface area (Å²) in [5.74, 6) is 1.02. The van der Waals surface area contributed by atoms with Gasteiger partial charge >= 0.3 is 0 Å². The predicted octanol–water partition coefficient (Wildman–Crippen LogP) is 2.94. The number of halogens is 1. The molecule has 2 aliphatic heterocycles. The van der Waals surface area contributed by atoms with Crippen LogP contribution >= 0.6 is 24.0 Å². The van der Waals surface area contributed by atoms with Crippen LogP contribution in [0.25, 0.3) is 0 Å². The SMILES string of the molecule is CN=C(NCCCOCCc1ccccc1)N1CCC2(CCOC2)C1.I. The molecular weight excluding hydrogens is 441 g/mol. The Morgan fingerprint density at radius 1 is 1.27 bits per heavy atom. The number of nitrogens with zero attached hydrogens (tertiary/aromatic N) is 2. The van der Waals surface area contributed by atoms with E-state index in [4.69, 9.17) is 9.47 Å². The lowest BCUT2D eigenvalue weighted by Crippen LogP contribution is -2.42. The summed E-state index contributed by atoms with van der Waals surface area (Å²) in [7, 11) is 1.87. The van der Waals surface area contributed by atoms with Gasteiger partial charge in [0.25, 0.3) is 0 Å². The van der Waals surface area contributed by atoms with Crippen LogP contribution in [0.4, 0.5) is 0 Å². The highest BCUT2D eigenvalue weighted by Gasteiger charge is 2.42. The third kappa shape index (κ3) is 6.09. The molecule has 1 spiro atoms. The van der Waals surface area contributed by atoms with Crippen molar-refractivity contribution in [3.05, 3.63) is 35.9 Å². The molecule has 1 atom stereocenters. The zero-order valence-electron chi connectivity index (χ0n) is 15.8. The third-order valence-corrected chi connectivity index (χ3v) is 5.26. The van der Waals surface area contributed by atoms with Gasteiger partial charge in [-0.1, -0.05) is 30.3 Å². The minimum absolute atomic E-state index is 0. The molecule has 2 heterocycles. The first-order chi connectivity index (χ1) is 12.3. The van der Waals surface area contributed by atoms with Crippen molar-refractivity contribution >= 4 is 29.9 Å². The Morgan fingerprint density at radius 2 is 2.12 bits per heavy atom. The molecular formula is C20H32IN3O2. The molecule has 0 radical (unpaired) electrons. The fraction of sp³-hybridized carbons (Fsp3) is 0.650. The van der Waals surface area contributed by atoms with Crippen LogP contribution in [0.2, 0.25) is 0 Å². The minimum atomic E-state index is 0. The van der Waals surface area contributed by atoms with Crippen molar-refractivity contribution in [2.45, 2.75) is 25.7 Å². The summed E-state index contributed by atoms with van der Waals surface area (Å²) in [5.41, 5.74) is 1.71. The van der Waals surface area contributed by atoms with E-state index in [9.17, 15) is 0 Å². The third-order valence-electron chi connectivity index (χ3n) is 5.26. The molecule has 0 bridgehead atoms. The number of hydrogen-bond donors (Lipinski definition) is 1. The summed E-state index contributed by atoms with van der Waals surface area (Å²) in [6.07, 6.45) is 4.38. The van der Waals surface area contributed by atoms with Crippen molar-refractivity contribution < 1.29 is 9.47 Å². The average Bonchev–Trinajstić information content (AvgIpc) is 3.28. The highest BCUT2D eigenvalue weighted by molar-refractivity contribution is 14.0. The molecule has 1 N–H and O–H groups in total. The first-order valence-corrected chi connectivity index (χ1v) is 9.46. The van der Waals surface area contributed by atoms with Crippen LogP contribution in [0, 0.1) is 5.41 Å². The number of benzene rings is 1. The van der Waals surface area contributed by atoms with Crippen LogP contribution in [0.1, 0.15) is 24.8 Å². The molecule has 0 saturated carbocycles. The standard InChI is InChI=1S/C20H31N3O2.HI/c1-21-19(23-12-9-20(16-23)10-15-25-17-20)22-11-5-13-24-14-8-18-6-3-2-4-7-18;/h2-4,6-7H,5,8-17H2,1H3,(H,21,22);1H. The van der Waals surface area contributed by atoms with Gasteiger partial charge in [-0.25, -0.2) is 0 Å². The van der Waals surface area contributed by atoms with E-state index in [0.717, 1.165) is 64.9 Å². The fourth-order valence-electron chi connectivity index (χ4n) is 3.73. The first-order valence-electron chi connectivity index (χ1n) is 9.46. The zero-order chi connectivity index (χ0) is 17.4. The van der Waals surface area contributed by atoms with Crippen molar-refractivity contribution in [2.24, 2.45) is 10.4 Å². The molecule has 146 valence electrons. The van der Waals surface area contributed by atoms with Crippen molar-refractivity contribution in [3.8, 4) is 0 Å². The molecule has 1 aromatic carbocycles. The van der Waals surface area contributed by atoms with Crippen LogP contribution in [0.3, 0.4) is 0 Å². The largest absolute Gasteiger partial charge is 0.381 e. The summed E-state index contributed by atoms with van der Waals surface area (Å²) in [5, 5.41) is 3.48. The molecule has 2 fully saturated rings. The Morgan fingerprint density at radius 3 is 2.85 bits per heavy atom. The molecule has 0 amide bonds. The van der Waals surface area contributed by atoms with E-state index in [2.05, 4.69) is 39.5 Å². The number of aliphatic imine (C=N–C) groups is 1. The van der Waals surface area contributed by atoms with Crippen LogP contribution < -0.4 is 5.32 Å². The van der Waals surface area contributed by atoms with Crippen LogP contribution in [-0.2, 0) is 15.9 Å². The summed E-state index contributed by atoms with van der Waals surface area (Å²) < 4.78 is 11.4. The van der Waals surface area contributed by atoms with Gasteiger partial charge in [-0.2, -0.15) is 0 Å². The van der Waals surface area contributed by atoms with Gasteiger partial charge in [-0.15, -0.1) is 24.0 Å². The van der Waals surface area contributed by atoms with E-state index < -0.39 is 0 Å². The Hall–Kier alpha value is -0.860. The first kappa shape index (κ1) is 21.4. The Bertz CT molecular complexity index is 547. The maximum Gasteiger partial charge on any atom is 0.193 e. The topological polar surface area (TPSA) is 46.1 Å². The van der Waals surface area contributed by atoms with Gasteiger partial charge in [0.15, 0.2) is 5.96 Å². The van der Waals surface area contributed by atoms with Gasteiger partial charge in [-0.3, -0.25) is 4.99 Å². The Labute approximate surface area is 174 Å². The number of rotatable bonds is 7. The summed E-state index contributed by atoms with van der Waals surface area (Å²) in [6.45, 7) is 6.45. The Kier molecular flexibility index (Phi) is 9.15. The summed E-state index contributed by atoms with van der Waals surface area (Å²) >= 11 is 0. The quantitative estimate of drug-likeness (QED) is 0.286. The lowest BCUT2D eigenvalue weighted by atomic mass is 9.87. The second-order valence-corrected chi connectivity index (χ2v) is 7.15. The molecule has 6 heteroatoms. The van der Waals surface area contributed by atoms with E-state index in [0.29, 0.717) is 5.41 Å².